The average molecular weight is 218 g/mol. The first-order valence-electron chi connectivity index (χ1n) is 4.42. The number of aromatic nitrogens is 3. The van der Waals surface area contributed by atoms with Gasteiger partial charge >= 0.3 is 6.01 Å². The third-order valence-electron chi connectivity index (χ3n) is 1.84. The van der Waals surface area contributed by atoms with Crippen molar-refractivity contribution in [2.45, 2.75) is 0 Å². The molecule has 5 nitrogen and oxygen atoms in total. The van der Waals surface area contributed by atoms with Crippen molar-refractivity contribution in [1.29, 1.82) is 5.26 Å². The van der Waals surface area contributed by atoms with Crippen LogP contribution in [-0.2, 0) is 7.05 Å². The molecule has 0 N–H and O–H groups in total. The van der Waals surface area contributed by atoms with E-state index in [-0.39, 0.29) is 17.3 Å². The number of aryl methyl sites for hydroxylation is 1. The van der Waals surface area contributed by atoms with E-state index in [2.05, 4.69) is 10.1 Å². The fraction of sp³-hybridized carbons (Fsp3) is 0.100. The zero-order chi connectivity index (χ0) is 11.5. The standard InChI is InChI=1S/C10H7FN4O/c1-15-6-13-10(14-15)16-9-3-2-8(11)4-7(9)5-12/h2-4,6H,1H3. The molecule has 16 heavy (non-hydrogen) atoms. The van der Waals surface area contributed by atoms with Crippen molar-refractivity contribution >= 4 is 0 Å². The van der Waals surface area contributed by atoms with Crippen LogP contribution in [0.25, 0.3) is 0 Å². The lowest BCUT2D eigenvalue weighted by Gasteiger charge is -2.02. The summed E-state index contributed by atoms with van der Waals surface area (Å²) in [6, 6.07) is 5.62. The van der Waals surface area contributed by atoms with Crippen LogP contribution in [0, 0.1) is 17.1 Å². The summed E-state index contributed by atoms with van der Waals surface area (Å²) in [5, 5.41) is 12.7. The van der Waals surface area contributed by atoms with Crippen molar-refractivity contribution in [2.75, 3.05) is 0 Å². The van der Waals surface area contributed by atoms with Crippen LogP contribution in [0.1, 0.15) is 5.56 Å². The Kier molecular flexibility index (Phi) is 2.52. The number of rotatable bonds is 2. The normalized spacial score (nSPS) is 9.81. The number of hydrogen-bond donors (Lipinski definition) is 0. The number of halogens is 1. The van der Waals surface area contributed by atoms with Gasteiger partial charge in [0.25, 0.3) is 0 Å². The molecule has 0 bridgehead atoms. The van der Waals surface area contributed by atoms with Gasteiger partial charge in [0, 0.05) is 7.05 Å². The number of nitriles is 1. The van der Waals surface area contributed by atoms with Crippen LogP contribution in [0.3, 0.4) is 0 Å². The molecule has 0 saturated heterocycles. The molecule has 1 aromatic heterocycles. The minimum absolute atomic E-state index is 0.104. The van der Waals surface area contributed by atoms with Gasteiger partial charge in [-0.3, -0.25) is 4.68 Å². The van der Waals surface area contributed by atoms with Gasteiger partial charge < -0.3 is 4.74 Å². The van der Waals surface area contributed by atoms with Crippen LogP contribution in [0.5, 0.6) is 11.8 Å². The molecule has 2 rings (SSSR count). The van der Waals surface area contributed by atoms with Gasteiger partial charge in [-0.1, -0.05) is 0 Å². The Labute approximate surface area is 90.7 Å². The first kappa shape index (κ1) is 10.1. The van der Waals surface area contributed by atoms with Crippen molar-refractivity contribution in [3.8, 4) is 17.8 Å². The molecule has 6 heteroatoms. The highest BCUT2D eigenvalue weighted by Gasteiger charge is 2.08. The summed E-state index contributed by atoms with van der Waals surface area (Å²) in [6.45, 7) is 0. The monoisotopic (exact) mass is 218 g/mol. The zero-order valence-electron chi connectivity index (χ0n) is 8.38. The molecule has 0 aliphatic heterocycles. The number of hydrogen-bond acceptors (Lipinski definition) is 4. The third kappa shape index (κ3) is 1.98. The molecule has 0 spiro atoms. The molecule has 2 aromatic rings. The highest BCUT2D eigenvalue weighted by Crippen LogP contribution is 2.22. The quantitative estimate of drug-likeness (QED) is 0.768. The van der Waals surface area contributed by atoms with Gasteiger partial charge in [0.05, 0.1) is 5.56 Å². The van der Waals surface area contributed by atoms with E-state index < -0.39 is 5.82 Å². The second kappa shape index (κ2) is 3.98. The van der Waals surface area contributed by atoms with E-state index in [0.717, 1.165) is 6.07 Å². The highest BCUT2D eigenvalue weighted by atomic mass is 19.1. The summed E-state index contributed by atoms with van der Waals surface area (Å²) in [6.07, 6.45) is 1.46. The summed E-state index contributed by atoms with van der Waals surface area (Å²) < 4.78 is 19.5. The fourth-order valence-corrected chi connectivity index (χ4v) is 1.14. The Bertz CT molecular complexity index is 558. The Morgan fingerprint density at radius 3 is 2.94 bits per heavy atom. The molecule has 0 fully saturated rings. The third-order valence-corrected chi connectivity index (χ3v) is 1.84. The van der Waals surface area contributed by atoms with Gasteiger partial charge in [0.2, 0.25) is 0 Å². The van der Waals surface area contributed by atoms with E-state index >= 15 is 0 Å². The summed E-state index contributed by atoms with van der Waals surface area (Å²) in [5.74, 6) is -0.256. The minimum Gasteiger partial charge on any atom is -0.422 e. The second-order valence-corrected chi connectivity index (χ2v) is 3.06. The summed E-state index contributed by atoms with van der Waals surface area (Å²) in [7, 11) is 1.69. The molecule has 0 amide bonds. The van der Waals surface area contributed by atoms with Gasteiger partial charge in [-0.2, -0.15) is 10.2 Å². The maximum absolute atomic E-state index is 12.8. The molecule has 1 heterocycles. The van der Waals surface area contributed by atoms with E-state index in [0.29, 0.717) is 0 Å². The molecular formula is C10H7FN4O. The number of nitrogens with zero attached hydrogens (tertiary/aromatic N) is 4. The SMILES string of the molecule is Cn1cnc(Oc2ccc(F)cc2C#N)n1. The Morgan fingerprint density at radius 2 is 2.31 bits per heavy atom. The smallest absolute Gasteiger partial charge is 0.341 e. The topological polar surface area (TPSA) is 63.7 Å². The lowest BCUT2D eigenvalue weighted by atomic mass is 10.2. The van der Waals surface area contributed by atoms with Gasteiger partial charge in [-0.15, -0.1) is 5.10 Å². The zero-order valence-corrected chi connectivity index (χ0v) is 8.38. The highest BCUT2D eigenvalue weighted by molar-refractivity contribution is 5.44. The van der Waals surface area contributed by atoms with Crippen molar-refractivity contribution in [3.05, 3.63) is 35.9 Å². The van der Waals surface area contributed by atoms with Crippen LogP contribution < -0.4 is 4.74 Å². The second-order valence-electron chi connectivity index (χ2n) is 3.06. The minimum atomic E-state index is -0.488. The largest absolute Gasteiger partial charge is 0.422 e. The first-order chi connectivity index (χ1) is 7.69. The molecule has 1 aromatic carbocycles. The van der Waals surface area contributed by atoms with Gasteiger partial charge in [-0.05, 0) is 18.2 Å². The fourth-order valence-electron chi connectivity index (χ4n) is 1.14. The van der Waals surface area contributed by atoms with Crippen LogP contribution >= 0.6 is 0 Å². The maximum Gasteiger partial charge on any atom is 0.341 e. The van der Waals surface area contributed by atoms with Crippen LogP contribution in [0.15, 0.2) is 24.5 Å². The van der Waals surface area contributed by atoms with Gasteiger partial charge in [0.1, 0.15) is 24.0 Å². The van der Waals surface area contributed by atoms with E-state index in [1.807, 2.05) is 6.07 Å². The van der Waals surface area contributed by atoms with Crippen molar-refractivity contribution in [2.24, 2.45) is 7.05 Å². The Balaban J connectivity index is 2.31. The Hall–Kier alpha value is -2.42. The predicted molar refractivity (Wildman–Crippen MR) is 52.2 cm³/mol. The summed E-state index contributed by atoms with van der Waals surface area (Å²) >= 11 is 0. The molecular weight excluding hydrogens is 211 g/mol. The van der Waals surface area contributed by atoms with E-state index in [9.17, 15) is 4.39 Å². The Morgan fingerprint density at radius 1 is 1.50 bits per heavy atom. The van der Waals surface area contributed by atoms with E-state index in [1.54, 1.807) is 7.05 Å². The lowest BCUT2D eigenvalue weighted by Crippen LogP contribution is -1.92. The van der Waals surface area contributed by atoms with Gasteiger partial charge in [0.15, 0.2) is 0 Å². The van der Waals surface area contributed by atoms with E-state index in [4.69, 9.17) is 10.00 Å². The van der Waals surface area contributed by atoms with Crippen molar-refractivity contribution in [3.63, 3.8) is 0 Å². The van der Waals surface area contributed by atoms with Gasteiger partial charge in [-0.25, -0.2) is 4.39 Å². The molecule has 0 aliphatic carbocycles. The van der Waals surface area contributed by atoms with Crippen molar-refractivity contribution in [1.82, 2.24) is 14.8 Å². The van der Waals surface area contributed by atoms with Crippen molar-refractivity contribution < 1.29 is 9.13 Å². The molecule has 0 unspecified atom stereocenters. The molecule has 0 atom stereocenters. The van der Waals surface area contributed by atoms with Crippen LogP contribution in [-0.4, -0.2) is 14.8 Å². The maximum atomic E-state index is 12.8. The van der Waals surface area contributed by atoms with E-state index in [1.165, 1.54) is 23.1 Å². The molecule has 0 saturated carbocycles. The number of benzene rings is 1. The first-order valence-corrected chi connectivity index (χ1v) is 4.42. The lowest BCUT2D eigenvalue weighted by molar-refractivity contribution is 0.436. The molecule has 0 radical (unpaired) electrons. The molecule has 0 aliphatic rings. The van der Waals surface area contributed by atoms with Crippen LogP contribution in [0.4, 0.5) is 4.39 Å². The van der Waals surface area contributed by atoms with Crippen LogP contribution in [0.2, 0.25) is 0 Å². The summed E-state index contributed by atoms with van der Waals surface area (Å²) in [4.78, 5) is 3.84. The average Bonchev–Trinajstić information content (AvgIpc) is 2.67. The summed E-state index contributed by atoms with van der Waals surface area (Å²) in [5.41, 5.74) is 0.104. The number of ether oxygens (including phenoxy) is 1. The predicted octanol–water partition coefficient (Wildman–Crippen LogP) is 1.62. The molecule has 80 valence electrons.